The van der Waals surface area contributed by atoms with Crippen LogP contribution in [0.15, 0.2) is 46.9 Å². The number of hydrogen-bond donors (Lipinski definition) is 0. The zero-order chi connectivity index (χ0) is 15.4. The lowest BCUT2D eigenvalue weighted by Crippen LogP contribution is -2.34. The molecule has 0 spiro atoms. The van der Waals surface area contributed by atoms with E-state index in [1.807, 2.05) is 0 Å². The molecular weight excluding hydrogens is 272 g/mol. The molecule has 1 aromatic carbocycles. The van der Waals surface area contributed by atoms with Gasteiger partial charge < -0.3 is 0 Å². The minimum Gasteiger partial charge on any atom is -0.126 e. The van der Waals surface area contributed by atoms with Crippen LogP contribution >= 0.6 is 11.8 Å². The summed E-state index contributed by atoms with van der Waals surface area (Å²) in [6.45, 7) is 13.9. The average molecular weight is 298 g/mol. The Balaban J connectivity index is 2.01. The van der Waals surface area contributed by atoms with Crippen molar-refractivity contribution in [1.82, 2.24) is 0 Å². The van der Waals surface area contributed by atoms with Crippen molar-refractivity contribution < 1.29 is 0 Å². The highest BCUT2D eigenvalue weighted by molar-refractivity contribution is 8.04. The highest BCUT2D eigenvalue weighted by Gasteiger charge is 2.49. The average Bonchev–Trinajstić information content (AvgIpc) is 2.87. The second-order valence-electron chi connectivity index (χ2n) is 7.81. The number of rotatable bonds is 1. The largest absolute Gasteiger partial charge is 0.126 e. The van der Waals surface area contributed by atoms with E-state index < -0.39 is 0 Å². The number of benzene rings is 1. The highest BCUT2D eigenvalue weighted by atomic mass is 32.2. The second kappa shape index (κ2) is 4.78. The van der Waals surface area contributed by atoms with Crippen LogP contribution < -0.4 is 0 Å². The Morgan fingerprint density at radius 3 is 2.29 bits per heavy atom. The van der Waals surface area contributed by atoms with Gasteiger partial charge in [-0.2, -0.15) is 0 Å². The molecule has 0 aromatic heterocycles. The van der Waals surface area contributed by atoms with E-state index in [4.69, 9.17) is 0 Å². The summed E-state index contributed by atoms with van der Waals surface area (Å²) < 4.78 is 0. The first-order valence-corrected chi connectivity index (χ1v) is 8.78. The van der Waals surface area contributed by atoms with E-state index in [1.54, 1.807) is 4.91 Å². The predicted octanol–water partition coefficient (Wildman–Crippen LogP) is 5.84. The molecule has 3 atom stereocenters. The van der Waals surface area contributed by atoms with E-state index in [-0.39, 0.29) is 10.8 Å². The van der Waals surface area contributed by atoms with Crippen LogP contribution in [0.5, 0.6) is 0 Å². The molecule has 1 aliphatic carbocycles. The summed E-state index contributed by atoms with van der Waals surface area (Å²) in [5, 5.41) is 0.624. The van der Waals surface area contributed by atoms with Gasteiger partial charge in [-0.25, -0.2) is 0 Å². The minimum absolute atomic E-state index is 0.213. The zero-order valence-corrected chi connectivity index (χ0v) is 14.8. The van der Waals surface area contributed by atoms with Crippen LogP contribution in [0.4, 0.5) is 0 Å². The molecule has 1 heterocycles. The first kappa shape index (κ1) is 15.0. The van der Waals surface area contributed by atoms with Crippen LogP contribution in [-0.4, -0.2) is 5.25 Å². The molecule has 0 radical (unpaired) electrons. The van der Waals surface area contributed by atoms with Gasteiger partial charge in [-0.3, -0.25) is 0 Å². The van der Waals surface area contributed by atoms with Gasteiger partial charge in [0.05, 0.1) is 0 Å². The lowest BCUT2D eigenvalue weighted by Gasteiger charge is -2.34. The van der Waals surface area contributed by atoms with Gasteiger partial charge in [-0.05, 0) is 34.4 Å². The number of hydrogen-bond acceptors (Lipinski definition) is 1. The summed E-state index contributed by atoms with van der Waals surface area (Å²) in [4.78, 5) is 1.56. The van der Waals surface area contributed by atoms with Gasteiger partial charge in [0, 0.05) is 16.6 Å². The molecule has 0 saturated carbocycles. The summed E-state index contributed by atoms with van der Waals surface area (Å²) in [7, 11) is 0. The molecular formula is C20H26S. The fraction of sp³-hybridized carbons (Fsp3) is 0.500. The fourth-order valence-corrected chi connectivity index (χ4v) is 5.26. The number of thioether (sulfide) groups is 1. The van der Waals surface area contributed by atoms with Crippen molar-refractivity contribution in [3.8, 4) is 0 Å². The predicted molar refractivity (Wildman–Crippen MR) is 94.9 cm³/mol. The zero-order valence-electron chi connectivity index (χ0n) is 14.0. The molecule has 1 fully saturated rings. The molecule has 0 bridgehead atoms. The highest BCUT2D eigenvalue weighted by Crippen LogP contribution is 2.58. The molecule has 3 rings (SSSR count). The third kappa shape index (κ3) is 2.30. The van der Waals surface area contributed by atoms with Gasteiger partial charge in [0.25, 0.3) is 0 Å². The van der Waals surface area contributed by atoms with Crippen LogP contribution in [0.2, 0.25) is 0 Å². The maximum absolute atomic E-state index is 2.46. The molecule has 3 unspecified atom stereocenters. The summed E-state index contributed by atoms with van der Waals surface area (Å²) in [5.41, 5.74) is 4.76. The summed E-state index contributed by atoms with van der Waals surface area (Å²) in [5.74, 6) is 0.568. The van der Waals surface area contributed by atoms with Gasteiger partial charge in [0.1, 0.15) is 0 Å². The lowest BCUT2D eigenvalue weighted by molar-refractivity contribution is 0.413. The molecule has 2 aliphatic rings. The Kier molecular flexibility index (Phi) is 3.40. The summed E-state index contributed by atoms with van der Waals surface area (Å²) >= 11 is 2.06. The van der Waals surface area contributed by atoms with Crippen LogP contribution in [0.1, 0.15) is 52.7 Å². The van der Waals surface area contributed by atoms with Crippen molar-refractivity contribution in [2.45, 2.75) is 57.6 Å². The third-order valence-corrected chi connectivity index (χ3v) is 6.77. The Hall–Kier alpha value is -0.950. The maximum Gasteiger partial charge on any atom is 0.0189 e. The van der Waals surface area contributed by atoms with Crippen LogP contribution in [0.25, 0.3) is 0 Å². The smallest absolute Gasteiger partial charge is 0.0189 e. The molecule has 21 heavy (non-hydrogen) atoms. The molecule has 1 saturated heterocycles. The number of allylic oxidation sites excluding steroid dienone is 4. The topological polar surface area (TPSA) is 0 Å². The van der Waals surface area contributed by atoms with Crippen molar-refractivity contribution in [1.29, 1.82) is 0 Å². The van der Waals surface area contributed by atoms with Crippen LogP contribution in [0.3, 0.4) is 0 Å². The Morgan fingerprint density at radius 1 is 1.10 bits per heavy atom. The Morgan fingerprint density at radius 2 is 1.71 bits per heavy atom. The van der Waals surface area contributed by atoms with E-state index in [9.17, 15) is 0 Å². The molecule has 1 aliphatic heterocycles. The maximum atomic E-state index is 2.46. The monoisotopic (exact) mass is 298 g/mol. The van der Waals surface area contributed by atoms with Crippen LogP contribution in [0, 0.1) is 5.92 Å². The van der Waals surface area contributed by atoms with Crippen molar-refractivity contribution in [3.05, 3.63) is 58.0 Å². The van der Waals surface area contributed by atoms with Crippen molar-refractivity contribution in [2.24, 2.45) is 5.92 Å². The van der Waals surface area contributed by atoms with Gasteiger partial charge in [-0.1, -0.05) is 70.5 Å². The molecule has 0 N–H and O–H groups in total. The quantitative estimate of drug-likeness (QED) is 0.628. The SMILES string of the molecule is CC1=CC2C(=C1)SC(C)C2(C)c1ccc(C(C)(C)C)cc1. The summed E-state index contributed by atoms with van der Waals surface area (Å²) in [6, 6.07) is 9.38. The molecule has 1 aromatic rings. The van der Waals surface area contributed by atoms with Gasteiger partial charge in [0.2, 0.25) is 0 Å². The summed E-state index contributed by atoms with van der Waals surface area (Å²) in [6.07, 6.45) is 4.84. The fourth-order valence-electron chi connectivity index (χ4n) is 3.61. The normalized spacial score (nSPS) is 31.9. The number of fused-ring (bicyclic) bond motifs is 1. The Bertz CT molecular complexity index is 612. The van der Waals surface area contributed by atoms with E-state index in [0.717, 1.165) is 0 Å². The molecule has 0 nitrogen and oxygen atoms in total. The van der Waals surface area contributed by atoms with E-state index in [1.165, 1.54) is 16.7 Å². The minimum atomic E-state index is 0.213. The van der Waals surface area contributed by atoms with E-state index >= 15 is 0 Å². The molecule has 112 valence electrons. The van der Waals surface area contributed by atoms with Crippen molar-refractivity contribution >= 4 is 11.8 Å². The first-order valence-electron chi connectivity index (χ1n) is 7.90. The lowest BCUT2D eigenvalue weighted by atomic mass is 9.70. The van der Waals surface area contributed by atoms with Gasteiger partial charge >= 0.3 is 0 Å². The van der Waals surface area contributed by atoms with Crippen molar-refractivity contribution in [2.75, 3.05) is 0 Å². The van der Waals surface area contributed by atoms with Gasteiger partial charge in [-0.15, -0.1) is 11.8 Å². The Labute approximate surface area is 133 Å². The standard InChI is InChI=1S/C20H26S/c1-13-11-17-18(12-13)21-14(2)20(17,6)16-9-7-15(8-10-16)19(3,4)5/h7-12,14,17H,1-6H3. The molecule has 1 heteroatoms. The second-order valence-corrected chi connectivity index (χ2v) is 9.22. The van der Waals surface area contributed by atoms with E-state index in [2.05, 4.69) is 89.7 Å². The molecule has 0 amide bonds. The first-order chi connectivity index (χ1) is 9.73. The third-order valence-electron chi connectivity index (χ3n) is 5.28. The van der Waals surface area contributed by atoms with E-state index in [0.29, 0.717) is 11.2 Å². The van der Waals surface area contributed by atoms with Crippen molar-refractivity contribution in [3.63, 3.8) is 0 Å². The van der Waals surface area contributed by atoms with Gasteiger partial charge in [0.15, 0.2) is 0 Å². The van der Waals surface area contributed by atoms with Crippen LogP contribution in [-0.2, 0) is 10.8 Å².